The largest absolute Gasteiger partial charge is 0.497 e. The fourth-order valence-electron chi connectivity index (χ4n) is 5.34. The van der Waals surface area contributed by atoms with Crippen molar-refractivity contribution < 1.29 is 14.3 Å². The number of hydrogen-bond donors (Lipinski definition) is 1. The van der Waals surface area contributed by atoms with E-state index in [9.17, 15) is 4.79 Å². The Labute approximate surface area is 198 Å². The summed E-state index contributed by atoms with van der Waals surface area (Å²) >= 11 is 0. The van der Waals surface area contributed by atoms with Gasteiger partial charge in [0.1, 0.15) is 12.2 Å². The Hall–Kier alpha value is -2.47. The van der Waals surface area contributed by atoms with Gasteiger partial charge < -0.3 is 24.6 Å². The number of piperidine rings is 1. The van der Waals surface area contributed by atoms with Crippen LogP contribution in [0.5, 0.6) is 0 Å². The molecule has 1 aromatic carbocycles. The van der Waals surface area contributed by atoms with Gasteiger partial charge in [0.2, 0.25) is 0 Å². The molecule has 3 aliphatic heterocycles. The number of rotatable bonds is 4. The van der Waals surface area contributed by atoms with Gasteiger partial charge in [-0.15, -0.1) is 0 Å². The van der Waals surface area contributed by atoms with E-state index in [0.29, 0.717) is 12.2 Å². The van der Waals surface area contributed by atoms with E-state index in [-0.39, 0.29) is 5.97 Å². The molecule has 33 heavy (non-hydrogen) atoms. The summed E-state index contributed by atoms with van der Waals surface area (Å²) < 4.78 is 11.5. The molecule has 3 aliphatic rings. The third-order valence-electron chi connectivity index (χ3n) is 6.67. The van der Waals surface area contributed by atoms with Crippen LogP contribution in [0.1, 0.15) is 67.1 Å². The Morgan fingerprint density at radius 2 is 1.64 bits per heavy atom. The van der Waals surface area contributed by atoms with E-state index in [4.69, 9.17) is 9.47 Å². The van der Waals surface area contributed by atoms with Crippen molar-refractivity contribution in [2.45, 2.75) is 59.5 Å². The lowest BCUT2D eigenvalue weighted by Gasteiger charge is -2.38. The lowest BCUT2D eigenvalue weighted by molar-refractivity contribution is 0.00697. The highest BCUT2D eigenvalue weighted by Gasteiger charge is 2.33. The van der Waals surface area contributed by atoms with E-state index in [1.807, 2.05) is 26.8 Å². The third kappa shape index (κ3) is 5.06. The number of nitrogens with zero attached hydrogens (tertiary/aromatic N) is 2. The van der Waals surface area contributed by atoms with Crippen molar-refractivity contribution in [2.75, 3.05) is 55.7 Å². The van der Waals surface area contributed by atoms with Gasteiger partial charge in [-0.3, -0.25) is 0 Å². The minimum atomic E-state index is -0.563. The number of piperazine rings is 1. The van der Waals surface area contributed by atoms with Crippen molar-refractivity contribution in [2.24, 2.45) is 0 Å². The number of ether oxygens (including phenoxy) is 2. The molecule has 6 nitrogen and oxygen atoms in total. The fraction of sp³-hybridized carbons (Fsp3) is 0.593. The maximum absolute atomic E-state index is 13.8. The Bertz CT molecular complexity index is 947. The molecule has 0 aliphatic carbocycles. The van der Waals surface area contributed by atoms with Gasteiger partial charge in [-0.25, -0.2) is 4.79 Å². The van der Waals surface area contributed by atoms with Crippen LogP contribution in [0.15, 0.2) is 18.4 Å². The van der Waals surface area contributed by atoms with Crippen LogP contribution in [0, 0.1) is 13.8 Å². The number of hydrogen-bond acceptors (Lipinski definition) is 6. The van der Waals surface area contributed by atoms with E-state index in [1.54, 1.807) is 6.26 Å². The van der Waals surface area contributed by atoms with Gasteiger partial charge in [-0.1, -0.05) is 0 Å². The monoisotopic (exact) mass is 453 g/mol. The van der Waals surface area contributed by atoms with Crippen LogP contribution >= 0.6 is 0 Å². The van der Waals surface area contributed by atoms with Crippen LogP contribution in [0.4, 0.5) is 11.4 Å². The number of allylic oxidation sites excluding steroid dienone is 2. The third-order valence-corrected chi connectivity index (χ3v) is 6.67. The number of nitrogens with one attached hydrogen (secondary N) is 1. The average molecular weight is 454 g/mol. The number of carbonyl (C=O) groups is 1. The zero-order chi connectivity index (χ0) is 23.6. The molecule has 2 fully saturated rings. The molecule has 4 rings (SSSR count). The molecular weight excluding hydrogens is 414 g/mol. The van der Waals surface area contributed by atoms with E-state index in [1.165, 1.54) is 17.7 Å². The first-order valence-corrected chi connectivity index (χ1v) is 12.4. The van der Waals surface area contributed by atoms with Crippen molar-refractivity contribution in [3.63, 3.8) is 0 Å². The van der Waals surface area contributed by atoms with E-state index >= 15 is 0 Å². The Morgan fingerprint density at radius 1 is 0.970 bits per heavy atom. The number of esters is 1. The Morgan fingerprint density at radius 3 is 2.24 bits per heavy atom. The first kappa shape index (κ1) is 23.7. The van der Waals surface area contributed by atoms with Crippen molar-refractivity contribution in [3.8, 4) is 0 Å². The van der Waals surface area contributed by atoms with E-state index < -0.39 is 5.60 Å². The zero-order valence-electron chi connectivity index (χ0n) is 20.9. The average Bonchev–Trinajstić information content (AvgIpc) is 2.79. The van der Waals surface area contributed by atoms with Gasteiger partial charge in [0.05, 0.1) is 17.5 Å². The van der Waals surface area contributed by atoms with Gasteiger partial charge in [-0.2, -0.15) is 0 Å². The first-order valence-electron chi connectivity index (χ1n) is 12.4. The summed E-state index contributed by atoms with van der Waals surface area (Å²) in [6, 6.07) is 0. The van der Waals surface area contributed by atoms with Gasteiger partial charge >= 0.3 is 5.97 Å². The lowest BCUT2D eigenvalue weighted by Crippen LogP contribution is -2.44. The van der Waals surface area contributed by atoms with Crippen LogP contribution in [-0.2, 0) is 9.47 Å². The molecule has 0 unspecified atom stereocenters. The number of benzene rings is 1. The molecule has 0 amide bonds. The number of carbonyl (C=O) groups excluding carboxylic acids is 1. The normalized spacial score (nSPS) is 19.2. The molecule has 0 aromatic heterocycles. The summed E-state index contributed by atoms with van der Waals surface area (Å²) in [5.41, 5.74) is 6.83. The summed E-state index contributed by atoms with van der Waals surface area (Å²) in [4.78, 5) is 18.7. The molecule has 3 heterocycles. The second kappa shape index (κ2) is 9.80. The smallest absolute Gasteiger partial charge is 0.341 e. The van der Waals surface area contributed by atoms with Crippen molar-refractivity contribution >= 4 is 22.9 Å². The number of anilines is 2. The highest BCUT2D eigenvalue weighted by Crippen LogP contribution is 2.44. The molecule has 6 heteroatoms. The quantitative estimate of drug-likeness (QED) is 0.673. The highest BCUT2D eigenvalue weighted by molar-refractivity contribution is 6.06. The molecule has 0 saturated carbocycles. The topological polar surface area (TPSA) is 54.0 Å². The molecule has 180 valence electrons. The Kier molecular flexibility index (Phi) is 7.03. The minimum Gasteiger partial charge on any atom is -0.497 e. The lowest BCUT2D eigenvalue weighted by atomic mass is 9.87. The first-order chi connectivity index (χ1) is 15.8. The van der Waals surface area contributed by atoms with Gasteiger partial charge in [-0.05, 0) is 82.7 Å². The maximum Gasteiger partial charge on any atom is 0.341 e. The summed E-state index contributed by atoms with van der Waals surface area (Å²) in [6.07, 6.45) is 9.33. The molecule has 2 saturated heterocycles. The summed E-state index contributed by atoms with van der Waals surface area (Å²) in [7, 11) is 0. The SMILES string of the molecule is Cc1c(C2=CCOC=C2)c(C(=O)OC(C)(C)C)c(N2CCCCC2)c(C)c1N1CCNCC1. The fourth-order valence-corrected chi connectivity index (χ4v) is 5.34. The highest BCUT2D eigenvalue weighted by atomic mass is 16.6. The Balaban J connectivity index is 1.99. The predicted molar refractivity (Wildman–Crippen MR) is 135 cm³/mol. The summed E-state index contributed by atoms with van der Waals surface area (Å²) in [6.45, 7) is 16.5. The second-order valence-corrected chi connectivity index (χ2v) is 10.3. The standard InChI is InChI=1S/C27H39N3O3/c1-19-22(21-9-17-32-18-10-21)23(26(31)33-27(3,4)5)25(29-13-7-6-8-14-29)20(2)24(19)30-15-11-28-12-16-30/h9-10,17,28H,6-8,11-16,18H2,1-5H3. The molecular formula is C27H39N3O3. The van der Waals surface area contributed by atoms with Crippen molar-refractivity contribution in [1.82, 2.24) is 5.32 Å². The van der Waals surface area contributed by atoms with E-state index in [0.717, 1.165) is 74.5 Å². The molecule has 1 N–H and O–H groups in total. The van der Waals surface area contributed by atoms with Gasteiger partial charge in [0.15, 0.2) is 0 Å². The van der Waals surface area contributed by atoms with Crippen LogP contribution in [0.25, 0.3) is 5.57 Å². The van der Waals surface area contributed by atoms with Crippen LogP contribution in [-0.4, -0.2) is 57.4 Å². The van der Waals surface area contributed by atoms with Gasteiger partial charge in [0, 0.05) is 50.5 Å². The molecule has 0 radical (unpaired) electrons. The molecule has 0 atom stereocenters. The van der Waals surface area contributed by atoms with Crippen LogP contribution in [0.2, 0.25) is 0 Å². The molecule has 0 bridgehead atoms. The van der Waals surface area contributed by atoms with Crippen molar-refractivity contribution in [3.05, 3.63) is 40.7 Å². The van der Waals surface area contributed by atoms with Crippen LogP contribution < -0.4 is 15.1 Å². The molecule has 0 spiro atoms. The maximum atomic E-state index is 13.8. The molecule has 1 aromatic rings. The van der Waals surface area contributed by atoms with Crippen molar-refractivity contribution in [1.29, 1.82) is 0 Å². The summed E-state index contributed by atoms with van der Waals surface area (Å²) in [5.74, 6) is -0.239. The minimum absolute atomic E-state index is 0.239. The van der Waals surface area contributed by atoms with E-state index in [2.05, 4.69) is 35.0 Å². The second-order valence-electron chi connectivity index (χ2n) is 10.3. The van der Waals surface area contributed by atoms with Crippen LogP contribution in [0.3, 0.4) is 0 Å². The predicted octanol–water partition coefficient (Wildman–Crippen LogP) is 4.59. The zero-order valence-corrected chi connectivity index (χ0v) is 20.9. The summed E-state index contributed by atoms with van der Waals surface area (Å²) in [5, 5.41) is 3.47. The van der Waals surface area contributed by atoms with Gasteiger partial charge in [0.25, 0.3) is 0 Å².